The second-order valence-electron chi connectivity index (χ2n) is 4.71. The van der Waals surface area contributed by atoms with Crippen LogP contribution in [0.1, 0.15) is 22.5 Å². The van der Waals surface area contributed by atoms with Crippen molar-refractivity contribution in [1.29, 1.82) is 0 Å². The van der Waals surface area contributed by atoms with E-state index >= 15 is 0 Å². The summed E-state index contributed by atoms with van der Waals surface area (Å²) in [7, 11) is 0. The Bertz CT molecular complexity index is 643. The highest BCUT2D eigenvalue weighted by atomic mass is 35.5. The van der Waals surface area contributed by atoms with Gasteiger partial charge in [0.15, 0.2) is 5.69 Å². The summed E-state index contributed by atoms with van der Waals surface area (Å²) in [5, 5.41) is 7.63. The number of fused-ring (bicyclic) bond motifs is 1. The summed E-state index contributed by atoms with van der Waals surface area (Å²) in [5.74, 6) is 0.374. The number of carbonyl (C=O) groups is 1. The number of aromatic nitrogens is 2. The largest absolute Gasteiger partial charge is 0.478 e. The molecule has 2 heterocycles. The van der Waals surface area contributed by atoms with E-state index in [0.29, 0.717) is 28.9 Å². The van der Waals surface area contributed by atoms with Crippen LogP contribution in [0.15, 0.2) is 24.3 Å². The van der Waals surface area contributed by atoms with Gasteiger partial charge in [-0.15, -0.1) is 0 Å². The highest BCUT2D eigenvalue weighted by Crippen LogP contribution is 2.22. The van der Waals surface area contributed by atoms with Crippen molar-refractivity contribution in [1.82, 2.24) is 9.78 Å². The topological polar surface area (TPSA) is 56.2 Å². The molecule has 1 amide bonds. The summed E-state index contributed by atoms with van der Waals surface area (Å²) in [6.45, 7) is 3.36. The molecule has 0 spiro atoms. The molecule has 0 fully saturated rings. The maximum atomic E-state index is 12.1. The van der Waals surface area contributed by atoms with E-state index < -0.39 is 0 Å². The second-order valence-corrected chi connectivity index (χ2v) is 5.12. The van der Waals surface area contributed by atoms with Crippen molar-refractivity contribution in [3.8, 4) is 5.88 Å². The summed E-state index contributed by atoms with van der Waals surface area (Å²) in [5.41, 5.74) is 1.96. The van der Waals surface area contributed by atoms with Crippen LogP contribution < -0.4 is 10.1 Å². The molecule has 1 aromatic heterocycles. The maximum Gasteiger partial charge on any atom is 0.276 e. The summed E-state index contributed by atoms with van der Waals surface area (Å²) in [4.78, 5) is 12.1. The van der Waals surface area contributed by atoms with Gasteiger partial charge in [0.1, 0.15) is 0 Å². The predicted octanol–water partition coefficient (Wildman–Crippen LogP) is 2.88. The molecule has 0 unspecified atom stereocenters. The standard InChI is InChI=1S/C14H14ClN3O2/c1-9-3-4-10(7-11(9)15)16-14(19)12-8-13-18(17-12)5-2-6-20-13/h3-4,7-8H,2,5-6H2,1H3,(H,16,19). The van der Waals surface area contributed by atoms with Gasteiger partial charge < -0.3 is 10.1 Å². The van der Waals surface area contributed by atoms with Crippen molar-refractivity contribution >= 4 is 23.2 Å². The Labute approximate surface area is 121 Å². The molecule has 1 N–H and O–H groups in total. The molecule has 2 aromatic rings. The fourth-order valence-corrected chi connectivity index (χ4v) is 2.22. The summed E-state index contributed by atoms with van der Waals surface area (Å²) in [6.07, 6.45) is 0.906. The molecule has 3 rings (SSSR count). The molecule has 6 heteroatoms. The number of carbonyl (C=O) groups excluding carboxylic acids is 1. The van der Waals surface area contributed by atoms with Gasteiger partial charge in [-0.05, 0) is 24.6 Å². The molecule has 104 valence electrons. The third-order valence-electron chi connectivity index (χ3n) is 3.17. The van der Waals surface area contributed by atoms with Gasteiger partial charge in [0.05, 0.1) is 6.61 Å². The Morgan fingerprint density at radius 1 is 1.45 bits per heavy atom. The lowest BCUT2D eigenvalue weighted by Crippen LogP contribution is -2.16. The molecule has 1 aliphatic rings. The van der Waals surface area contributed by atoms with Crippen molar-refractivity contribution in [2.45, 2.75) is 19.9 Å². The molecule has 1 aliphatic heterocycles. The number of rotatable bonds is 2. The third kappa shape index (κ3) is 2.49. The Hall–Kier alpha value is -2.01. The minimum absolute atomic E-state index is 0.268. The molecule has 0 saturated heterocycles. The molecule has 0 saturated carbocycles. The highest BCUT2D eigenvalue weighted by Gasteiger charge is 2.18. The van der Waals surface area contributed by atoms with Crippen LogP contribution in [0.2, 0.25) is 5.02 Å². The number of benzene rings is 1. The van der Waals surface area contributed by atoms with Gasteiger partial charge in [-0.25, -0.2) is 4.68 Å². The number of aryl methyl sites for hydroxylation is 2. The van der Waals surface area contributed by atoms with Crippen molar-refractivity contribution in [2.24, 2.45) is 0 Å². The summed E-state index contributed by atoms with van der Waals surface area (Å²) >= 11 is 6.03. The van der Waals surface area contributed by atoms with Gasteiger partial charge in [-0.2, -0.15) is 5.10 Å². The van der Waals surface area contributed by atoms with Gasteiger partial charge in [0, 0.05) is 29.7 Å². The first kappa shape index (κ1) is 13.0. The van der Waals surface area contributed by atoms with E-state index in [-0.39, 0.29) is 5.91 Å². The second kappa shape index (κ2) is 5.17. The lowest BCUT2D eigenvalue weighted by Gasteiger charge is -2.13. The van der Waals surface area contributed by atoms with Crippen LogP contribution in [0, 0.1) is 6.92 Å². The molecule has 0 radical (unpaired) electrons. The quantitative estimate of drug-likeness (QED) is 0.925. The fourth-order valence-electron chi connectivity index (χ4n) is 2.04. The van der Waals surface area contributed by atoms with Gasteiger partial charge >= 0.3 is 0 Å². The van der Waals surface area contributed by atoms with E-state index in [4.69, 9.17) is 16.3 Å². The smallest absolute Gasteiger partial charge is 0.276 e. The summed E-state index contributed by atoms with van der Waals surface area (Å²) in [6, 6.07) is 7.05. The van der Waals surface area contributed by atoms with Gasteiger partial charge in [-0.1, -0.05) is 17.7 Å². The zero-order chi connectivity index (χ0) is 14.1. The molecule has 1 aromatic carbocycles. The molecular weight excluding hydrogens is 278 g/mol. The van der Waals surface area contributed by atoms with Crippen LogP contribution in [0.25, 0.3) is 0 Å². The third-order valence-corrected chi connectivity index (χ3v) is 3.58. The van der Waals surface area contributed by atoms with Gasteiger partial charge in [0.25, 0.3) is 5.91 Å². The number of anilines is 1. The minimum atomic E-state index is -0.268. The van der Waals surface area contributed by atoms with E-state index in [2.05, 4.69) is 10.4 Å². The first-order valence-electron chi connectivity index (χ1n) is 6.41. The Kier molecular flexibility index (Phi) is 3.36. The molecule has 20 heavy (non-hydrogen) atoms. The fraction of sp³-hybridized carbons (Fsp3) is 0.286. The molecular formula is C14H14ClN3O2. The van der Waals surface area contributed by atoms with Crippen LogP contribution in [-0.2, 0) is 6.54 Å². The van der Waals surface area contributed by atoms with E-state index in [1.165, 1.54) is 0 Å². The lowest BCUT2D eigenvalue weighted by atomic mass is 10.2. The van der Waals surface area contributed by atoms with E-state index in [1.807, 2.05) is 19.1 Å². The van der Waals surface area contributed by atoms with Gasteiger partial charge in [0.2, 0.25) is 5.88 Å². The van der Waals surface area contributed by atoms with Crippen LogP contribution in [0.5, 0.6) is 5.88 Å². The molecule has 0 bridgehead atoms. The molecule has 5 nitrogen and oxygen atoms in total. The van der Waals surface area contributed by atoms with E-state index in [1.54, 1.807) is 16.8 Å². The first-order chi connectivity index (χ1) is 9.63. The summed E-state index contributed by atoms with van der Waals surface area (Å²) < 4.78 is 7.15. The van der Waals surface area contributed by atoms with Gasteiger partial charge in [-0.3, -0.25) is 4.79 Å². The first-order valence-corrected chi connectivity index (χ1v) is 6.79. The zero-order valence-corrected chi connectivity index (χ0v) is 11.8. The number of nitrogens with one attached hydrogen (secondary N) is 1. The average Bonchev–Trinajstić information content (AvgIpc) is 2.87. The van der Waals surface area contributed by atoms with Crippen molar-refractivity contribution in [2.75, 3.05) is 11.9 Å². The number of halogens is 1. The number of hydrogen-bond donors (Lipinski definition) is 1. The van der Waals surface area contributed by atoms with E-state index in [9.17, 15) is 4.79 Å². The van der Waals surface area contributed by atoms with Crippen molar-refractivity contribution in [3.63, 3.8) is 0 Å². The molecule has 0 atom stereocenters. The Morgan fingerprint density at radius 3 is 3.05 bits per heavy atom. The number of nitrogens with zero attached hydrogens (tertiary/aromatic N) is 2. The zero-order valence-electron chi connectivity index (χ0n) is 11.0. The number of hydrogen-bond acceptors (Lipinski definition) is 3. The van der Waals surface area contributed by atoms with Crippen LogP contribution in [0.3, 0.4) is 0 Å². The lowest BCUT2D eigenvalue weighted by molar-refractivity contribution is 0.102. The SMILES string of the molecule is Cc1ccc(NC(=O)c2cc3n(n2)CCCO3)cc1Cl. The Balaban J connectivity index is 1.78. The average molecular weight is 292 g/mol. The van der Waals surface area contributed by atoms with Crippen LogP contribution >= 0.6 is 11.6 Å². The number of ether oxygens (including phenoxy) is 1. The van der Waals surface area contributed by atoms with E-state index in [0.717, 1.165) is 18.5 Å². The molecule has 0 aliphatic carbocycles. The number of amides is 1. The highest BCUT2D eigenvalue weighted by molar-refractivity contribution is 6.31. The van der Waals surface area contributed by atoms with Crippen LogP contribution in [0.4, 0.5) is 5.69 Å². The maximum absolute atomic E-state index is 12.1. The predicted molar refractivity (Wildman–Crippen MR) is 76.5 cm³/mol. The van der Waals surface area contributed by atoms with Crippen molar-refractivity contribution in [3.05, 3.63) is 40.5 Å². The monoisotopic (exact) mass is 291 g/mol. The minimum Gasteiger partial charge on any atom is -0.478 e. The Morgan fingerprint density at radius 2 is 2.30 bits per heavy atom. The van der Waals surface area contributed by atoms with Crippen LogP contribution in [-0.4, -0.2) is 22.3 Å². The normalized spacial score (nSPS) is 13.5. The van der Waals surface area contributed by atoms with Crippen molar-refractivity contribution < 1.29 is 9.53 Å².